The van der Waals surface area contributed by atoms with Crippen LogP contribution in [0.4, 0.5) is 5.69 Å². The Bertz CT molecular complexity index is 1750. The number of nitrogens with one attached hydrogen (secondary N) is 1. The van der Waals surface area contributed by atoms with Crippen molar-refractivity contribution in [3.05, 3.63) is 83.4 Å². The van der Waals surface area contributed by atoms with E-state index in [2.05, 4.69) is 16.3 Å². The average Bonchev–Trinajstić information content (AvgIpc) is 3.70. The summed E-state index contributed by atoms with van der Waals surface area (Å²) in [7, 11) is -0.585. The quantitative estimate of drug-likeness (QED) is 0.185. The molecule has 12 heteroatoms. The predicted molar refractivity (Wildman–Crippen MR) is 204 cm³/mol. The first-order chi connectivity index (χ1) is 25.7. The molecule has 6 rings (SSSR count). The van der Waals surface area contributed by atoms with E-state index in [1.807, 2.05) is 62.4 Å². The molecule has 0 aromatic heterocycles. The summed E-state index contributed by atoms with van der Waals surface area (Å²) in [6.45, 7) is 8.39. The topological polar surface area (TPSA) is 116 Å². The van der Waals surface area contributed by atoms with Crippen molar-refractivity contribution in [2.45, 2.75) is 81.6 Å². The van der Waals surface area contributed by atoms with E-state index in [0.29, 0.717) is 45.8 Å². The van der Waals surface area contributed by atoms with Gasteiger partial charge in [-0.1, -0.05) is 42.8 Å². The Kier molecular flexibility index (Phi) is 13.3. The van der Waals surface area contributed by atoms with Crippen LogP contribution < -0.4 is 19.7 Å². The van der Waals surface area contributed by atoms with Crippen molar-refractivity contribution in [2.75, 3.05) is 65.1 Å². The van der Waals surface area contributed by atoms with Gasteiger partial charge >= 0.3 is 0 Å². The Morgan fingerprint density at radius 3 is 2.55 bits per heavy atom. The van der Waals surface area contributed by atoms with E-state index in [1.165, 1.54) is 0 Å². The second-order valence-electron chi connectivity index (χ2n) is 14.5. The van der Waals surface area contributed by atoms with Crippen molar-refractivity contribution in [2.24, 2.45) is 5.92 Å². The molecule has 288 valence electrons. The molecule has 1 amide bonds. The van der Waals surface area contributed by atoms with Gasteiger partial charge in [0.05, 0.1) is 43.1 Å². The molecule has 1 N–H and O–H groups in total. The Morgan fingerprint density at radius 1 is 1.04 bits per heavy atom. The molecule has 2 unspecified atom stereocenters. The van der Waals surface area contributed by atoms with Gasteiger partial charge in [-0.15, -0.1) is 0 Å². The van der Waals surface area contributed by atoms with Crippen LogP contribution in [0.1, 0.15) is 61.6 Å². The van der Waals surface area contributed by atoms with E-state index < -0.39 is 28.1 Å². The summed E-state index contributed by atoms with van der Waals surface area (Å²) >= 11 is 0. The molecule has 3 aromatic rings. The summed E-state index contributed by atoms with van der Waals surface area (Å²) in [6, 6.07) is 20.6. The van der Waals surface area contributed by atoms with E-state index in [9.17, 15) is 13.2 Å². The first-order valence-electron chi connectivity index (χ1n) is 18.9. The highest BCUT2D eigenvalue weighted by molar-refractivity contribution is 7.89. The summed E-state index contributed by atoms with van der Waals surface area (Å²) in [5, 5.41) is 3.06. The van der Waals surface area contributed by atoms with E-state index >= 15 is 0 Å². The van der Waals surface area contributed by atoms with Crippen LogP contribution in [-0.2, 0) is 35.6 Å². The smallest absolute Gasteiger partial charge is 0.243 e. The summed E-state index contributed by atoms with van der Waals surface area (Å²) in [5.74, 6) is 0.934. The Hall–Kier alpha value is -3.68. The van der Waals surface area contributed by atoms with Gasteiger partial charge in [-0.3, -0.25) is 4.79 Å². The summed E-state index contributed by atoms with van der Waals surface area (Å²) in [5.41, 5.74) is 4.02. The van der Waals surface area contributed by atoms with E-state index in [0.717, 1.165) is 66.2 Å². The molecule has 0 aliphatic carbocycles. The molecule has 3 aromatic carbocycles. The van der Waals surface area contributed by atoms with Crippen molar-refractivity contribution < 1.29 is 36.9 Å². The number of amides is 1. The second kappa shape index (κ2) is 18.1. The highest BCUT2D eigenvalue weighted by atomic mass is 32.2. The SMILES string of the molecule is COCCCN1CCOc2ccc(CO[C@H]3CN(S(=O)(=O)c4ccc(C)cc4)[C@@H](CC(C)C(=O)NCC4CCCO4)C[C@@H]3c3ccc(OC)cc3)cc21. The number of aryl methyl sites for hydroxylation is 1. The molecule has 3 aliphatic heterocycles. The fourth-order valence-electron chi connectivity index (χ4n) is 7.69. The van der Waals surface area contributed by atoms with Crippen LogP contribution in [0.5, 0.6) is 11.5 Å². The van der Waals surface area contributed by atoms with Gasteiger partial charge in [-0.05, 0) is 86.6 Å². The molecule has 0 saturated carbocycles. The van der Waals surface area contributed by atoms with Crippen LogP contribution in [0.2, 0.25) is 0 Å². The standard InChI is InChI=1S/C41H55N3O8S/c1-29-8-15-36(16-9-29)53(46,47)44-27-40(52-28-31-10-17-39-38(24-31)43(19-22-51-39)18-6-20-48-3)37(32-11-13-34(49-4)14-12-32)25-33(44)23-30(2)41(45)42-26-35-7-5-21-50-35/h8-17,24,30,33,35,37,40H,5-7,18-23,25-28H2,1-4H3,(H,42,45)/t30?,33-,35?,37+,40-/m0/s1. The molecule has 53 heavy (non-hydrogen) atoms. The zero-order valence-corrected chi connectivity index (χ0v) is 32.3. The van der Waals surface area contributed by atoms with Gasteiger partial charge in [0.15, 0.2) is 0 Å². The average molecular weight is 750 g/mol. The minimum absolute atomic E-state index is 0.0259. The summed E-state index contributed by atoms with van der Waals surface area (Å²) < 4.78 is 59.8. The van der Waals surface area contributed by atoms with Crippen molar-refractivity contribution in [3.8, 4) is 11.5 Å². The minimum atomic E-state index is -3.94. The maximum absolute atomic E-state index is 14.5. The number of methoxy groups -OCH3 is 2. The van der Waals surface area contributed by atoms with Gasteiger partial charge in [0.2, 0.25) is 15.9 Å². The Balaban J connectivity index is 1.28. The predicted octanol–water partition coefficient (Wildman–Crippen LogP) is 5.69. The number of hydrogen-bond donors (Lipinski definition) is 1. The lowest BCUT2D eigenvalue weighted by Crippen LogP contribution is -2.53. The Labute approximate surface area is 314 Å². The lowest BCUT2D eigenvalue weighted by Gasteiger charge is -2.44. The maximum Gasteiger partial charge on any atom is 0.243 e. The third kappa shape index (κ3) is 9.71. The third-order valence-corrected chi connectivity index (χ3v) is 12.7. The molecule has 0 spiro atoms. The van der Waals surface area contributed by atoms with Gasteiger partial charge in [0.1, 0.15) is 18.1 Å². The van der Waals surface area contributed by atoms with Crippen LogP contribution in [-0.4, -0.2) is 97.1 Å². The highest BCUT2D eigenvalue weighted by Gasteiger charge is 2.44. The van der Waals surface area contributed by atoms with Gasteiger partial charge in [0, 0.05) is 57.8 Å². The minimum Gasteiger partial charge on any atom is -0.497 e. The lowest BCUT2D eigenvalue weighted by atomic mass is 9.81. The maximum atomic E-state index is 14.5. The number of fused-ring (bicyclic) bond motifs is 1. The molecular formula is C41H55N3O8S. The molecule has 5 atom stereocenters. The number of benzene rings is 3. The number of carbonyl (C=O) groups excluding carboxylic acids is 1. The number of anilines is 1. The molecule has 3 heterocycles. The molecule has 2 saturated heterocycles. The van der Waals surface area contributed by atoms with Crippen molar-refractivity contribution >= 4 is 21.6 Å². The van der Waals surface area contributed by atoms with Gasteiger partial charge < -0.3 is 33.9 Å². The normalized spacial score (nSPS) is 22.5. The number of hydrogen-bond acceptors (Lipinski definition) is 9. The van der Waals surface area contributed by atoms with E-state index in [1.54, 1.807) is 30.7 Å². The number of piperidine rings is 1. The van der Waals surface area contributed by atoms with Crippen molar-refractivity contribution in [1.29, 1.82) is 0 Å². The number of rotatable bonds is 16. The number of nitrogens with zero attached hydrogens (tertiary/aromatic N) is 2. The fourth-order valence-corrected chi connectivity index (χ4v) is 9.35. The van der Waals surface area contributed by atoms with E-state index in [4.69, 9.17) is 23.7 Å². The van der Waals surface area contributed by atoms with E-state index in [-0.39, 0.29) is 29.4 Å². The van der Waals surface area contributed by atoms with Crippen LogP contribution in [0.25, 0.3) is 0 Å². The van der Waals surface area contributed by atoms with Crippen LogP contribution in [0, 0.1) is 12.8 Å². The van der Waals surface area contributed by atoms with Crippen molar-refractivity contribution in [1.82, 2.24) is 9.62 Å². The largest absolute Gasteiger partial charge is 0.497 e. The first kappa shape index (κ1) is 39.0. The molecule has 0 bridgehead atoms. The highest BCUT2D eigenvalue weighted by Crippen LogP contribution is 2.40. The Morgan fingerprint density at radius 2 is 1.83 bits per heavy atom. The fraction of sp³-hybridized carbons (Fsp3) is 0.537. The summed E-state index contributed by atoms with van der Waals surface area (Å²) in [6.07, 6.45) is 3.24. The zero-order valence-electron chi connectivity index (χ0n) is 31.5. The third-order valence-electron chi connectivity index (χ3n) is 10.7. The summed E-state index contributed by atoms with van der Waals surface area (Å²) in [4.78, 5) is 15.9. The van der Waals surface area contributed by atoms with Crippen LogP contribution >= 0.6 is 0 Å². The molecular weight excluding hydrogens is 695 g/mol. The first-order valence-corrected chi connectivity index (χ1v) is 20.3. The number of carbonyl (C=O) groups is 1. The monoisotopic (exact) mass is 749 g/mol. The second-order valence-corrected chi connectivity index (χ2v) is 16.4. The number of ether oxygens (including phenoxy) is 5. The van der Waals surface area contributed by atoms with Gasteiger partial charge in [-0.25, -0.2) is 8.42 Å². The van der Waals surface area contributed by atoms with Crippen LogP contribution in [0.15, 0.2) is 71.6 Å². The van der Waals surface area contributed by atoms with Gasteiger partial charge in [0.25, 0.3) is 0 Å². The number of sulfonamides is 1. The zero-order chi connectivity index (χ0) is 37.4. The molecule has 2 fully saturated rings. The van der Waals surface area contributed by atoms with Gasteiger partial charge in [-0.2, -0.15) is 4.31 Å². The van der Waals surface area contributed by atoms with Crippen LogP contribution in [0.3, 0.4) is 0 Å². The molecule has 3 aliphatic rings. The van der Waals surface area contributed by atoms with Crippen molar-refractivity contribution in [3.63, 3.8) is 0 Å². The lowest BCUT2D eigenvalue weighted by molar-refractivity contribution is -0.125. The molecule has 11 nitrogen and oxygen atoms in total. The molecule has 0 radical (unpaired) electrons.